The topological polar surface area (TPSA) is 56.5 Å². The number of fused-ring (bicyclic) bond motifs is 1. The lowest BCUT2D eigenvalue weighted by Crippen LogP contribution is -2.20. The highest BCUT2D eigenvalue weighted by Gasteiger charge is 2.30. The lowest BCUT2D eigenvalue weighted by Gasteiger charge is -2.13. The minimum atomic E-state index is -4.53. The molecule has 0 spiro atoms. The van der Waals surface area contributed by atoms with Gasteiger partial charge in [-0.25, -0.2) is 4.98 Å². The van der Waals surface area contributed by atoms with Gasteiger partial charge in [-0.3, -0.25) is 4.79 Å². The van der Waals surface area contributed by atoms with Gasteiger partial charge >= 0.3 is 6.18 Å². The summed E-state index contributed by atoms with van der Waals surface area (Å²) in [6, 6.07) is 18.5. The minimum Gasteiger partial charge on any atom is -0.491 e. The average Bonchev–Trinajstić information content (AvgIpc) is 2.83. The van der Waals surface area contributed by atoms with Crippen LogP contribution < -0.4 is 10.3 Å². The van der Waals surface area contributed by atoms with Crippen LogP contribution in [0.5, 0.6) is 5.75 Å². The predicted molar refractivity (Wildman–Crippen MR) is 126 cm³/mol. The van der Waals surface area contributed by atoms with E-state index in [4.69, 9.17) is 4.74 Å². The Bertz CT molecular complexity index is 1410. The largest absolute Gasteiger partial charge is 0.491 e. The van der Waals surface area contributed by atoms with Crippen molar-refractivity contribution in [2.24, 2.45) is 5.10 Å². The van der Waals surface area contributed by atoms with Crippen molar-refractivity contribution < 1.29 is 17.9 Å². The SMILES string of the molecule is CC[C@@H](C)Oc1cccc(C=Nn2c(-c3cccc(C(F)(F)F)c3)nc3ccccc3c2=O)c1. The molecule has 3 aromatic carbocycles. The molecule has 1 atom stereocenters. The van der Waals surface area contributed by atoms with Crippen LogP contribution in [0.15, 0.2) is 82.7 Å². The van der Waals surface area contributed by atoms with Gasteiger partial charge in [-0.05, 0) is 55.3 Å². The van der Waals surface area contributed by atoms with Crippen molar-refractivity contribution in [1.82, 2.24) is 9.66 Å². The number of nitrogens with zero attached hydrogens (tertiary/aromatic N) is 3. The molecule has 0 saturated heterocycles. The highest BCUT2D eigenvalue weighted by atomic mass is 19.4. The predicted octanol–water partition coefficient (Wildman–Crippen LogP) is 6.14. The van der Waals surface area contributed by atoms with Crippen LogP contribution in [0.1, 0.15) is 31.4 Å². The van der Waals surface area contributed by atoms with E-state index in [1.54, 1.807) is 42.5 Å². The average molecular weight is 465 g/mol. The van der Waals surface area contributed by atoms with Crippen molar-refractivity contribution in [3.05, 3.63) is 94.3 Å². The zero-order chi connectivity index (χ0) is 24.3. The van der Waals surface area contributed by atoms with Crippen molar-refractivity contribution >= 4 is 17.1 Å². The molecule has 34 heavy (non-hydrogen) atoms. The number of hydrogen-bond donors (Lipinski definition) is 0. The van der Waals surface area contributed by atoms with Crippen molar-refractivity contribution in [3.8, 4) is 17.1 Å². The molecular weight excluding hydrogens is 443 g/mol. The molecule has 1 aromatic heterocycles. The number of aromatic nitrogens is 2. The number of ether oxygens (including phenoxy) is 1. The first-order valence-corrected chi connectivity index (χ1v) is 10.8. The molecule has 0 aliphatic heterocycles. The van der Waals surface area contributed by atoms with Gasteiger partial charge in [-0.1, -0.05) is 43.3 Å². The summed E-state index contributed by atoms with van der Waals surface area (Å²) in [5.74, 6) is 0.665. The first kappa shape index (κ1) is 23.2. The first-order chi connectivity index (χ1) is 16.3. The van der Waals surface area contributed by atoms with Gasteiger partial charge in [0.25, 0.3) is 5.56 Å². The summed E-state index contributed by atoms with van der Waals surface area (Å²) in [6.07, 6.45) is -2.20. The third-order valence-corrected chi connectivity index (χ3v) is 5.29. The molecule has 0 amide bonds. The van der Waals surface area contributed by atoms with Crippen LogP contribution >= 0.6 is 0 Å². The van der Waals surface area contributed by atoms with E-state index in [0.717, 1.165) is 23.2 Å². The molecule has 0 N–H and O–H groups in total. The highest BCUT2D eigenvalue weighted by molar-refractivity contribution is 5.82. The zero-order valence-electron chi connectivity index (χ0n) is 18.6. The molecule has 0 fully saturated rings. The molecule has 174 valence electrons. The fourth-order valence-corrected chi connectivity index (χ4v) is 3.36. The molecule has 1 heterocycles. The van der Waals surface area contributed by atoms with Gasteiger partial charge in [0, 0.05) is 5.56 Å². The Morgan fingerprint density at radius 1 is 1.06 bits per heavy atom. The van der Waals surface area contributed by atoms with Crippen LogP contribution in [0.2, 0.25) is 0 Å². The second kappa shape index (κ2) is 9.51. The zero-order valence-corrected chi connectivity index (χ0v) is 18.6. The molecule has 0 aliphatic carbocycles. The van der Waals surface area contributed by atoms with Crippen LogP contribution in [0, 0.1) is 0 Å². The van der Waals surface area contributed by atoms with E-state index in [0.29, 0.717) is 22.2 Å². The molecule has 0 bridgehead atoms. The molecule has 4 aromatic rings. The highest BCUT2D eigenvalue weighted by Crippen LogP contribution is 2.32. The normalized spacial score (nSPS) is 12.9. The van der Waals surface area contributed by atoms with E-state index >= 15 is 0 Å². The second-order valence-corrected chi connectivity index (χ2v) is 7.80. The van der Waals surface area contributed by atoms with Crippen LogP contribution in [-0.4, -0.2) is 22.0 Å². The van der Waals surface area contributed by atoms with Crippen LogP contribution in [0.4, 0.5) is 13.2 Å². The fourth-order valence-electron chi connectivity index (χ4n) is 3.36. The summed E-state index contributed by atoms with van der Waals surface area (Å²) in [7, 11) is 0. The number of para-hydroxylation sites is 1. The number of benzene rings is 3. The Kier molecular flexibility index (Phi) is 6.49. The van der Waals surface area contributed by atoms with Gasteiger partial charge in [0.2, 0.25) is 0 Å². The maximum absolute atomic E-state index is 13.3. The Balaban J connectivity index is 1.84. The van der Waals surface area contributed by atoms with Crippen molar-refractivity contribution in [3.63, 3.8) is 0 Å². The second-order valence-electron chi connectivity index (χ2n) is 7.80. The number of hydrogen-bond acceptors (Lipinski definition) is 4. The van der Waals surface area contributed by atoms with Crippen LogP contribution in [0.3, 0.4) is 0 Å². The molecule has 0 saturated carbocycles. The van der Waals surface area contributed by atoms with Gasteiger partial charge in [-0.2, -0.15) is 22.9 Å². The van der Waals surface area contributed by atoms with Gasteiger partial charge in [0.15, 0.2) is 5.82 Å². The number of halogens is 3. The quantitative estimate of drug-likeness (QED) is 0.321. The summed E-state index contributed by atoms with van der Waals surface area (Å²) in [6.45, 7) is 3.98. The Hall–Kier alpha value is -3.94. The third-order valence-electron chi connectivity index (χ3n) is 5.29. The van der Waals surface area contributed by atoms with E-state index in [9.17, 15) is 18.0 Å². The fraction of sp³-hybridized carbons (Fsp3) is 0.192. The molecular formula is C26H22F3N3O2. The maximum atomic E-state index is 13.3. The van der Waals surface area contributed by atoms with E-state index in [1.165, 1.54) is 18.3 Å². The number of alkyl halides is 3. The van der Waals surface area contributed by atoms with E-state index < -0.39 is 17.3 Å². The monoisotopic (exact) mass is 465 g/mol. The van der Waals surface area contributed by atoms with Gasteiger partial charge in [-0.15, -0.1) is 0 Å². The summed E-state index contributed by atoms with van der Waals surface area (Å²) >= 11 is 0. The molecule has 0 unspecified atom stereocenters. The lowest BCUT2D eigenvalue weighted by molar-refractivity contribution is -0.137. The van der Waals surface area contributed by atoms with Crippen LogP contribution in [-0.2, 0) is 6.18 Å². The molecule has 8 heteroatoms. The smallest absolute Gasteiger partial charge is 0.416 e. The summed E-state index contributed by atoms with van der Waals surface area (Å²) in [4.78, 5) is 17.7. The minimum absolute atomic E-state index is 0.0121. The Morgan fingerprint density at radius 2 is 1.82 bits per heavy atom. The summed E-state index contributed by atoms with van der Waals surface area (Å²) in [5, 5.41) is 4.62. The van der Waals surface area contributed by atoms with Crippen molar-refractivity contribution in [1.29, 1.82) is 0 Å². The lowest BCUT2D eigenvalue weighted by atomic mass is 10.1. The maximum Gasteiger partial charge on any atom is 0.416 e. The first-order valence-electron chi connectivity index (χ1n) is 10.8. The van der Waals surface area contributed by atoms with Gasteiger partial charge in [0.1, 0.15) is 5.75 Å². The molecule has 5 nitrogen and oxygen atoms in total. The summed E-state index contributed by atoms with van der Waals surface area (Å²) in [5.41, 5.74) is -0.158. The summed E-state index contributed by atoms with van der Waals surface area (Å²) < 4.78 is 46.8. The van der Waals surface area contributed by atoms with E-state index in [1.807, 2.05) is 19.9 Å². The van der Waals surface area contributed by atoms with Crippen molar-refractivity contribution in [2.75, 3.05) is 0 Å². The van der Waals surface area contributed by atoms with E-state index in [2.05, 4.69) is 10.1 Å². The van der Waals surface area contributed by atoms with Gasteiger partial charge < -0.3 is 4.74 Å². The van der Waals surface area contributed by atoms with Crippen LogP contribution in [0.25, 0.3) is 22.3 Å². The molecule has 0 aliphatic rings. The van der Waals surface area contributed by atoms with Crippen molar-refractivity contribution in [2.45, 2.75) is 32.5 Å². The Labute approximate surface area is 194 Å². The standard InChI is InChI=1S/C26H22F3N3O2/c1-3-17(2)34-21-11-6-8-18(14-21)16-30-32-24(19-9-7-10-20(15-19)26(27,28)29)31-23-13-5-4-12-22(23)25(32)33/h4-17H,3H2,1-2H3/t17-/m1/s1. The Morgan fingerprint density at radius 3 is 2.59 bits per heavy atom. The third kappa shape index (κ3) is 5.01. The van der Waals surface area contributed by atoms with Gasteiger partial charge in [0.05, 0.1) is 28.8 Å². The van der Waals surface area contributed by atoms with E-state index in [-0.39, 0.29) is 17.5 Å². The molecule has 4 rings (SSSR count). The number of rotatable bonds is 6. The molecule has 0 radical (unpaired) electrons.